The molecule has 7 nitrogen and oxygen atoms in total. The van der Waals surface area contributed by atoms with Crippen LogP contribution in [-0.2, 0) is 7.05 Å². The molecular formula is C19H28N6O. The Morgan fingerprint density at radius 1 is 1.31 bits per heavy atom. The Labute approximate surface area is 155 Å². The van der Waals surface area contributed by atoms with Crippen LogP contribution in [-0.4, -0.2) is 59.8 Å². The summed E-state index contributed by atoms with van der Waals surface area (Å²) in [7, 11) is 8.03. The van der Waals surface area contributed by atoms with Gasteiger partial charge in [-0.3, -0.25) is 19.4 Å². The van der Waals surface area contributed by atoms with Gasteiger partial charge in [0.1, 0.15) is 5.69 Å². The highest BCUT2D eigenvalue weighted by molar-refractivity contribution is 5.93. The van der Waals surface area contributed by atoms with Crippen molar-refractivity contribution in [3.8, 4) is 0 Å². The van der Waals surface area contributed by atoms with E-state index in [0.717, 1.165) is 25.1 Å². The molecule has 26 heavy (non-hydrogen) atoms. The Morgan fingerprint density at radius 3 is 2.81 bits per heavy atom. The lowest BCUT2D eigenvalue weighted by Crippen LogP contribution is -2.42. The Bertz CT molecular complexity index is 756. The molecule has 1 fully saturated rings. The number of aryl methyl sites for hydroxylation is 1. The van der Waals surface area contributed by atoms with Crippen LogP contribution in [0, 0.1) is 5.92 Å². The largest absolute Gasteiger partial charge is 0.378 e. The fourth-order valence-corrected chi connectivity index (χ4v) is 3.75. The van der Waals surface area contributed by atoms with Crippen LogP contribution in [0.5, 0.6) is 0 Å². The second-order valence-corrected chi connectivity index (χ2v) is 7.21. The van der Waals surface area contributed by atoms with Crippen LogP contribution in [0.2, 0.25) is 0 Å². The fourth-order valence-electron chi connectivity index (χ4n) is 3.75. The molecular weight excluding hydrogens is 328 g/mol. The maximum absolute atomic E-state index is 12.6. The lowest BCUT2D eigenvalue weighted by molar-refractivity contribution is 0.0876. The zero-order valence-electron chi connectivity index (χ0n) is 16.0. The summed E-state index contributed by atoms with van der Waals surface area (Å²) < 4.78 is 1.93. The van der Waals surface area contributed by atoms with Crippen molar-refractivity contribution < 1.29 is 4.79 Å². The normalized spacial score (nSPS) is 20.8. The van der Waals surface area contributed by atoms with E-state index in [2.05, 4.69) is 33.4 Å². The zero-order chi connectivity index (χ0) is 18.7. The molecule has 2 aromatic rings. The number of pyridine rings is 1. The SMILES string of the molecule is CN(C)c1ccnc(C(=O)NC[C@@H]2CCCN(C)[C@H]2c2ccnn2C)c1. The standard InChI is InChI=1S/C19H28N6O/c1-23(2)15-7-9-20-16(12-15)19(26)21-13-14-6-5-11-24(3)18(14)17-8-10-22-25(17)4/h7-10,12,14,18H,5-6,11,13H2,1-4H3,(H,21,26)/t14-,18+/m0/s1. The van der Waals surface area contributed by atoms with Gasteiger partial charge in [-0.1, -0.05) is 0 Å². The van der Waals surface area contributed by atoms with E-state index in [1.807, 2.05) is 49.1 Å². The number of aromatic nitrogens is 3. The molecule has 1 aliphatic rings. The number of nitrogens with one attached hydrogen (secondary N) is 1. The minimum Gasteiger partial charge on any atom is -0.378 e. The molecule has 7 heteroatoms. The number of carbonyl (C=O) groups excluding carboxylic acids is 1. The molecule has 140 valence electrons. The summed E-state index contributed by atoms with van der Waals surface area (Å²) in [6.07, 6.45) is 5.74. The van der Waals surface area contributed by atoms with Crippen molar-refractivity contribution in [2.24, 2.45) is 13.0 Å². The Kier molecular flexibility index (Phi) is 5.56. The van der Waals surface area contributed by atoms with E-state index in [0.29, 0.717) is 18.2 Å². The highest BCUT2D eigenvalue weighted by Crippen LogP contribution is 2.34. The zero-order valence-corrected chi connectivity index (χ0v) is 16.0. The van der Waals surface area contributed by atoms with Crippen LogP contribution in [0.4, 0.5) is 5.69 Å². The van der Waals surface area contributed by atoms with Crippen molar-refractivity contribution in [3.63, 3.8) is 0 Å². The minimum absolute atomic E-state index is 0.120. The molecule has 3 rings (SSSR count). The predicted molar refractivity (Wildman–Crippen MR) is 102 cm³/mol. The summed E-state index contributed by atoms with van der Waals surface area (Å²) in [6, 6.07) is 6.05. The maximum Gasteiger partial charge on any atom is 0.269 e. The number of piperidine rings is 1. The number of nitrogens with zero attached hydrogens (tertiary/aromatic N) is 5. The van der Waals surface area contributed by atoms with Crippen LogP contribution >= 0.6 is 0 Å². The summed E-state index contributed by atoms with van der Waals surface area (Å²) in [4.78, 5) is 21.1. The average molecular weight is 356 g/mol. The monoisotopic (exact) mass is 356 g/mol. The van der Waals surface area contributed by atoms with E-state index in [-0.39, 0.29) is 11.9 Å². The molecule has 2 aromatic heterocycles. The van der Waals surface area contributed by atoms with Crippen molar-refractivity contribution in [1.29, 1.82) is 0 Å². The van der Waals surface area contributed by atoms with Crippen LogP contribution < -0.4 is 10.2 Å². The minimum atomic E-state index is -0.120. The van der Waals surface area contributed by atoms with Crippen molar-refractivity contribution in [3.05, 3.63) is 42.0 Å². The first kappa shape index (κ1) is 18.4. The smallest absolute Gasteiger partial charge is 0.269 e. The second kappa shape index (κ2) is 7.86. The first-order valence-corrected chi connectivity index (χ1v) is 9.07. The topological polar surface area (TPSA) is 66.3 Å². The third-order valence-electron chi connectivity index (χ3n) is 5.19. The highest BCUT2D eigenvalue weighted by Gasteiger charge is 2.32. The molecule has 0 bridgehead atoms. The van der Waals surface area contributed by atoms with Crippen LogP contribution in [0.1, 0.15) is 35.1 Å². The quantitative estimate of drug-likeness (QED) is 0.883. The molecule has 1 aliphatic heterocycles. The molecule has 0 aliphatic carbocycles. The molecule has 0 unspecified atom stereocenters. The number of carbonyl (C=O) groups is 1. The first-order valence-electron chi connectivity index (χ1n) is 9.07. The number of anilines is 1. The molecule has 0 saturated carbocycles. The summed E-state index contributed by atoms with van der Waals surface area (Å²) in [6.45, 7) is 1.69. The fraction of sp³-hybridized carbons (Fsp3) is 0.526. The van der Waals surface area contributed by atoms with Gasteiger partial charge >= 0.3 is 0 Å². The molecule has 1 N–H and O–H groups in total. The Hall–Kier alpha value is -2.41. The van der Waals surface area contributed by atoms with Crippen molar-refractivity contribution >= 4 is 11.6 Å². The van der Waals surface area contributed by atoms with Gasteiger partial charge < -0.3 is 10.2 Å². The van der Waals surface area contributed by atoms with Crippen molar-refractivity contribution in [2.75, 3.05) is 39.1 Å². The summed E-state index contributed by atoms with van der Waals surface area (Å²) >= 11 is 0. The van der Waals surface area contributed by atoms with Gasteiger partial charge in [-0.2, -0.15) is 5.10 Å². The van der Waals surface area contributed by atoms with Gasteiger partial charge in [-0.15, -0.1) is 0 Å². The van der Waals surface area contributed by atoms with E-state index < -0.39 is 0 Å². The van der Waals surface area contributed by atoms with Gasteiger partial charge in [-0.25, -0.2) is 0 Å². The van der Waals surface area contributed by atoms with E-state index >= 15 is 0 Å². The maximum atomic E-state index is 12.6. The number of likely N-dealkylation sites (tertiary alicyclic amines) is 1. The van der Waals surface area contributed by atoms with Crippen molar-refractivity contribution in [2.45, 2.75) is 18.9 Å². The summed E-state index contributed by atoms with van der Waals surface area (Å²) in [5.74, 6) is 0.232. The molecule has 0 aromatic carbocycles. The number of hydrogen-bond acceptors (Lipinski definition) is 5. The molecule has 0 radical (unpaired) electrons. The molecule has 2 atom stereocenters. The Morgan fingerprint density at radius 2 is 2.12 bits per heavy atom. The Balaban J connectivity index is 1.70. The molecule has 1 saturated heterocycles. The van der Waals surface area contributed by atoms with Crippen LogP contribution in [0.15, 0.2) is 30.6 Å². The van der Waals surface area contributed by atoms with Gasteiger partial charge in [0.2, 0.25) is 0 Å². The second-order valence-electron chi connectivity index (χ2n) is 7.21. The number of amides is 1. The summed E-state index contributed by atoms with van der Waals surface area (Å²) in [5, 5.41) is 7.41. The highest BCUT2D eigenvalue weighted by atomic mass is 16.1. The average Bonchev–Trinajstić information content (AvgIpc) is 3.05. The lowest BCUT2D eigenvalue weighted by Gasteiger charge is -2.39. The van der Waals surface area contributed by atoms with Gasteiger partial charge in [0.15, 0.2) is 0 Å². The predicted octanol–water partition coefficient (Wildman–Crippen LogP) is 1.69. The van der Waals surface area contributed by atoms with Gasteiger partial charge in [0, 0.05) is 45.8 Å². The third-order valence-corrected chi connectivity index (χ3v) is 5.19. The summed E-state index contributed by atoms with van der Waals surface area (Å²) in [5.41, 5.74) is 2.62. The van der Waals surface area contributed by atoms with Gasteiger partial charge in [-0.05, 0) is 50.6 Å². The first-order chi connectivity index (χ1) is 12.5. The van der Waals surface area contributed by atoms with E-state index in [4.69, 9.17) is 0 Å². The van der Waals surface area contributed by atoms with E-state index in [9.17, 15) is 4.79 Å². The lowest BCUT2D eigenvalue weighted by atomic mass is 9.87. The van der Waals surface area contributed by atoms with E-state index in [1.165, 1.54) is 5.69 Å². The number of hydrogen-bond donors (Lipinski definition) is 1. The van der Waals surface area contributed by atoms with Crippen molar-refractivity contribution in [1.82, 2.24) is 25.0 Å². The third kappa shape index (κ3) is 3.88. The molecule has 1 amide bonds. The van der Waals surface area contributed by atoms with Gasteiger partial charge in [0.25, 0.3) is 5.91 Å². The van der Waals surface area contributed by atoms with Crippen LogP contribution in [0.3, 0.4) is 0 Å². The molecule has 3 heterocycles. The number of rotatable bonds is 5. The van der Waals surface area contributed by atoms with Crippen LogP contribution in [0.25, 0.3) is 0 Å². The molecule has 0 spiro atoms. The van der Waals surface area contributed by atoms with E-state index in [1.54, 1.807) is 6.20 Å². The van der Waals surface area contributed by atoms with Gasteiger partial charge in [0.05, 0.1) is 11.7 Å².